The molecule has 2 nitrogen and oxygen atoms in total. The summed E-state index contributed by atoms with van der Waals surface area (Å²) in [7, 11) is 0. The van der Waals surface area contributed by atoms with E-state index in [2.05, 4.69) is 72.5 Å². The molecule has 0 spiro atoms. The van der Waals surface area contributed by atoms with Gasteiger partial charge in [0.25, 0.3) is 0 Å². The molecule has 32 heavy (non-hydrogen) atoms. The van der Waals surface area contributed by atoms with Gasteiger partial charge in [0.1, 0.15) is 5.60 Å². The topological polar surface area (TPSA) is 23.5 Å². The summed E-state index contributed by atoms with van der Waals surface area (Å²) in [6.45, 7) is 3.88. The van der Waals surface area contributed by atoms with Gasteiger partial charge < -0.3 is 5.11 Å². The molecule has 0 aliphatic carbocycles. The standard InChI is InChI=1S/C30H31NO/c1-25(22-30(32,28-18-10-4-11-19-28)29-20-12-5-13-21-29)31(23-26-14-6-2-7-15-26)24-27-16-8-3-9-17-27/h2-21,25,32H,22-24H2,1H3. The zero-order chi connectivity index (χ0) is 22.2. The van der Waals surface area contributed by atoms with E-state index in [1.807, 2.05) is 60.7 Å². The molecular weight excluding hydrogens is 390 g/mol. The quantitative estimate of drug-likeness (QED) is 0.338. The Balaban J connectivity index is 1.65. The van der Waals surface area contributed by atoms with Gasteiger partial charge in [0.15, 0.2) is 0 Å². The lowest BCUT2D eigenvalue weighted by molar-refractivity contribution is 0.0325. The Labute approximate surface area is 191 Å². The molecule has 0 aromatic heterocycles. The van der Waals surface area contributed by atoms with Gasteiger partial charge in [0, 0.05) is 19.1 Å². The smallest absolute Gasteiger partial charge is 0.116 e. The van der Waals surface area contributed by atoms with E-state index in [0.29, 0.717) is 6.42 Å². The molecule has 0 fully saturated rings. The van der Waals surface area contributed by atoms with E-state index >= 15 is 0 Å². The van der Waals surface area contributed by atoms with Gasteiger partial charge in [-0.3, -0.25) is 4.90 Å². The van der Waals surface area contributed by atoms with Crippen molar-refractivity contribution in [1.82, 2.24) is 4.90 Å². The summed E-state index contributed by atoms with van der Waals surface area (Å²) in [5.41, 5.74) is 3.35. The Kier molecular flexibility index (Phi) is 7.16. The van der Waals surface area contributed by atoms with E-state index in [1.165, 1.54) is 11.1 Å². The molecule has 2 heteroatoms. The van der Waals surface area contributed by atoms with Crippen molar-refractivity contribution < 1.29 is 5.11 Å². The maximum atomic E-state index is 12.1. The molecule has 0 heterocycles. The fourth-order valence-electron chi connectivity index (χ4n) is 4.39. The van der Waals surface area contributed by atoms with Crippen LogP contribution in [-0.2, 0) is 18.7 Å². The molecule has 0 saturated heterocycles. The summed E-state index contributed by atoms with van der Waals surface area (Å²) >= 11 is 0. The number of benzene rings is 4. The van der Waals surface area contributed by atoms with Crippen LogP contribution < -0.4 is 0 Å². The summed E-state index contributed by atoms with van der Waals surface area (Å²) in [5, 5.41) is 12.1. The Morgan fingerprint density at radius 2 is 0.938 bits per heavy atom. The molecule has 4 aromatic carbocycles. The molecule has 1 unspecified atom stereocenters. The third-order valence-corrected chi connectivity index (χ3v) is 6.17. The van der Waals surface area contributed by atoms with Gasteiger partial charge in [-0.15, -0.1) is 0 Å². The highest BCUT2D eigenvalue weighted by Gasteiger charge is 2.34. The van der Waals surface area contributed by atoms with Crippen LogP contribution in [0.2, 0.25) is 0 Å². The number of rotatable bonds is 9. The highest BCUT2D eigenvalue weighted by atomic mass is 16.3. The van der Waals surface area contributed by atoms with Crippen molar-refractivity contribution in [3.8, 4) is 0 Å². The van der Waals surface area contributed by atoms with Crippen molar-refractivity contribution >= 4 is 0 Å². The third kappa shape index (κ3) is 5.34. The van der Waals surface area contributed by atoms with E-state index in [-0.39, 0.29) is 6.04 Å². The van der Waals surface area contributed by atoms with Gasteiger partial charge in [-0.05, 0) is 35.6 Å². The van der Waals surface area contributed by atoms with Gasteiger partial charge in [-0.2, -0.15) is 0 Å². The van der Waals surface area contributed by atoms with Crippen LogP contribution in [0.15, 0.2) is 121 Å². The van der Waals surface area contributed by atoms with Gasteiger partial charge in [0.2, 0.25) is 0 Å². The van der Waals surface area contributed by atoms with Crippen LogP contribution in [0.25, 0.3) is 0 Å². The number of aliphatic hydroxyl groups is 1. The number of hydrogen-bond donors (Lipinski definition) is 1. The van der Waals surface area contributed by atoms with Crippen LogP contribution in [0.3, 0.4) is 0 Å². The molecule has 1 atom stereocenters. The Bertz CT molecular complexity index is 984. The van der Waals surface area contributed by atoms with E-state index in [9.17, 15) is 5.11 Å². The lowest BCUT2D eigenvalue weighted by atomic mass is 9.81. The molecule has 4 rings (SSSR count). The second kappa shape index (κ2) is 10.4. The molecule has 0 radical (unpaired) electrons. The van der Waals surface area contributed by atoms with Crippen LogP contribution in [0, 0.1) is 0 Å². The normalized spacial score (nSPS) is 12.6. The highest BCUT2D eigenvalue weighted by Crippen LogP contribution is 2.35. The van der Waals surface area contributed by atoms with Crippen molar-refractivity contribution in [2.45, 2.75) is 38.1 Å². The molecule has 162 valence electrons. The summed E-state index contributed by atoms with van der Waals surface area (Å²) in [6.07, 6.45) is 0.598. The fourth-order valence-corrected chi connectivity index (χ4v) is 4.39. The van der Waals surface area contributed by atoms with Crippen LogP contribution in [0.5, 0.6) is 0 Å². The lowest BCUT2D eigenvalue weighted by Gasteiger charge is -2.37. The Morgan fingerprint density at radius 3 is 1.31 bits per heavy atom. The molecule has 0 aliphatic rings. The van der Waals surface area contributed by atoms with Crippen molar-refractivity contribution in [3.63, 3.8) is 0 Å². The summed E-state index contributed by atoms with van der Waals surface area (Å²) in [4.78, 5) is 2.46. The number of hydrogen-bond acceptors (Lipinski definition) is 2. The zero-order valence-electron chi connectivity index (χ0n) is 18.6. The van der Waals surface area contributed by atoms with E-state index in [1.54, 1.807) is 0 Å². The predicted octanol–water partition coefficient (Wildman–Crippen LogP) is 6.40. The first kappa shape index (κ1) is 22.0. The minimum absolute atomic E-state index is 0.140. The van der Waals surface area contributed by atoms with Crippen molar-refractivity contribution in [1.29, 1.82) is 0 Å². The van der Waals surface area contributed by atoms with Gasteiger partial charge in [0.05, 0.1) is 0 Å². The highest BCUT2D eigenvalue weighted by molar-refractivity contribution is 5.36. The van der Waals surface area contributed by atoms with Gasteiger partial charge >= 0.3 is 0 Å². The monoisotopic (exact) mass is 421 g/mol. The molecule has 0 saturated carbocycles. The summed E-state index contributed by atoms with van der Waals surface area (Å²) < 4.78 is 0. The van der Waals surface area contributed by atoms with E-state index in [4.69, 9.17) is 0 Å². The predicted molar refractivity (Wildman–Crippen MR) is 132 cm³/mol. The van der Waals surface area contributed by atoms with Crippen LogP contribution in [-0.4, -0.2) is 16.0 Å². The first-order valence-electron chi connectivity index (χ1n) is 11.3. The van der Waals surface area contributed by atoms with E-state index in [0.717, 1.165) is 24.2 Å². The Hall–Kier alpha value is -3.20. The third-order valence-electron chi connectivity index (χ3n) is 6.17. The molecule has 4 aromatic rings. The van der Waals surface area contributed by atoms with Crippen molar-refractivity contribution in [2.24, 2.45) is 0 Å². The van der Waals surface area contributed by atoms with Crippen LogP contribution in [0.4, 0.5) is 0 Å². The fraction of sp³-hybridized carbons (Fsp3) is 0.200. The maximum Gasteiger partial charge on any atom is 0.116 e. The first-order chi connectivity index (χ1) is 15.6. The molecule has 0 aliphatic heterocycles. The lowest BCUT2D eigenvalue weighted by Crippen LogP contribution is -2.40. The minimum atomic E-state index is -1.06. The summed E-state index contributed by atoms with van der Waals surface area (Å²) in [5.74, 6) is 0. The zero-order valence-corrected chi connectivity index (χ0v) is 18.6. The van der Waals surface area contributed by atoms with Crippen LogP contribution >= 0.6 is 0 Å². The van der Waals surface area contributed by atoms with Crippen molar-refractivity contribution in [3.05, 3.63) is 144 Å². The van der Waals surface area contributed by atoms with Crippen LogP contribution in [0.1, 0.15) is 35.6 Å². The van der Waals surface area contributed by atoms with Gasteiger partial charge in [-0.25, -0.2) is 0 Å². The van der Waals surface area contributed by atoms with Crippen molar-refractivity contribution in [2.75, 3.05) is 0 Å². The van der Waals surface area contributed by atoms with E-state index < -0.39 is 5.60 Å². The molecule has 0 bridgehead atoms. The maximum absolute atomic E-state index is 12.1. The average Bonchev–Trinajstić information content (AvgIpc) is 2.86. The largest absolute Gasteiger partial charge is 0.380 e. The molecular formula is C30H31NO. The SMILES string of the molecule is CC(CC(O)(c1ccccc1)c1ccccc1)N(Cc1ccccc1)Cc1ccccc1. The first-order valence-corrected chi connectivity index (χ1v) is 11.3. The Morgan fingerprint density at radius 1 is 0.594 bits per heavy atom. The second-order valence-corrected chi connectivity index (χ2v) is 8.52. The van der Waals surface area contributed by atoms with Gasteiger partial charge in [-0.1, -0.05) is 121 Å². The molecule has 1 N–H and O–H groups in total. The molecule has 0 amide bonds. The summed E-state index contributed by atoms with van der Waals surface area (Å²) in [6, 6.07) is 41.4. The second-order valence-electron chi connectivity index (χ2n) is 8.52. The minimum Gasteiger partial charge on any atom is -0.380 e. The average molecular weight is 422 g/mol. The number of nitrogens with zero attached hydrogens (tertiary/aromatic N) is 1.